The Balaban J connectivity index is 0.000000212. The molecule has 4 heteroatoms. The molecule has 0 radical (unpaired) electrons. The second-order valence-corrected chi connectivity index (χ2v) is 7.02. The van der Waals surface area contributed by atoms with Gasteiger partial charge in [0, 0.05) is 11.1 Å². The number of carbonyl (C=O) groups is 2. The third-order valence-corrected chi connectivity index (χ3v) is 4.10. The van der Waals surface area contributed by atoms with Gasteiger partial charge in [0.15, 0.2) is 15.9 Å². The lowest BCUT2D eigenvalue weighted by molar-refractivity contribution is 0.0963. The molecule has 1 aliphatic rings. The zero-order valence-corrected chi connectivity index (χ0v) is 15.2. The first-order valence-electron chi connectivity index (χ1n) is 7.81. The fourth-order valence-corrected chi connectivity index (χ4v) is 2.52. The van der Waals surface area contributed by atoms with Crippen LogP contribution < -0.4 is 0 Å². The minimum atomic E-state index is -0.979. The molecule has 128 valence electrons. The summed E-state index contributed by atoms with van der Waals surface area (Å²) in [5, 5.41) is 0. The molecule has 0 spiro atoms. The number of allylic oxidation sites excluding steroid dienone is 4. The van der Waals surface area contributed by atoms with Crippen LogP contribution in [0.5, 0.6) is 0 Å². The van der Waals surface area contributed by atoms with Gasteiger partial charge in [0.25, 0.3) is 0 Å². The van der Waals surface area contributed by atoms with E-state index in [1.165, 1.54) is 0 Å². The maximum atomic E-state index is 12.0. The molecule has 0 N–H and O–H groups in total. The summed E-state index contributed by atoms with van der Waals surface area (Å²) in [5.74, 6) is -0.0967. The Hall–Kier alpha value is -2.16. The third kappa shape index (κ3) is 6.00. The first kappa shape index (κ1) is 19.2. The smallest absolute Gasteiger partial charge is 0.173 e. The number of Topliss-reactive ketones (excluding diaryl/α,β-unsaturated/α-hetero) is 2. The summed E-state index contributed by atoms with van der Waals surface area (Å²) >= 11 is 11.7. The molecule has 25 heavy (non-hydrogen) atoms. The summed E-state index contributed by atoms with van der Waals surface area (Å²) in [6.45, 7) is 1.56. The van der Waals surface area contributed by atoms with Gasteiger partial charge in [-0.1, -0.05) is 96.0 Å². The van der Waals surface area contributed by atoms with Gasteiger partial charge in [0.2, 0.25) is 0 Å². The van der Waals surface area contributed by atoms with E-state index in [1.807, 2.05) is 48.5 Å². The average Bonchev–Trinajstić information content (AvgIpc) is 2.63. The molecule has 0 aliphatic heterocycles. The summed E-state index contributed by atoms with van der Waals surface area (Å²) in [6.07, 6.45) is 6.72. The van der Waals surface area contributed by atoms with Crippen LogP contribution in [-0.2, 0) is 0 Å². The molecular weight excluding hydrogens is 355 g/mol. The van der Waals surface area contributed by atoms with Crippen molar-refractivity contribution in [1.82, 2.24) is 0 Å². The van der Waals surface area contributed by atoms with Crippen molar-refractivity contribution in [3.8, 4) is 0 Å². The van der Waals surface area contributed by atoms with E-state index in [9.17, 15) is 9.59 Å². The SMILES string of the molecule is CC(=O)c1ccccc1.O=C(c1ccccc1)C1C=CC(Cl)(Cl)C=C1. The van der Waals surface area contributed by atoms with Gasteiger partial charge in [-0.05, 0) is 19.1 Å². The fraction of sp³-hybridized carbons (Fsp3) is 0.143. The Morgan fingerprint density at radius 3 is 1.64 bits per heavy atom. The molecule has 1 aliphatic carbocycles. The van der Waals surface area contributed by atoms with Gasteiger partial charge < -0.3 is 0 Å². The maximum absolute atomic E-state index is 12.0. The van der Waals surface area contributed by atoms with Crippen molar-refractivity contribution in [1.29, 1.82) is 0 Å². The predicted molar refractivity (Wildman–Crippen MR) is 103 cm³/mol. The highest BCUT2D eigenvalue weighted by Gasteiger charge is 2.24. The number of ketones is 2. The van der Waals surface area contributed by atoms with E-state index in [2.05, 4.69) is 0 Å². The van der Waals surface area contributed by atoms with Gasteiger partial charge in [-0.15, -0.1) is 0 Å². The lowest BCUT2D eigenvalue weighted by Crippen LogP contribution is -2.17. The zero-order valence-electron chi connectivity index (χ0n) is 13.7. The van der Waals surface area contributed by atoms with Crippen LogP contribution in [0.4, 0.5) is 0 Å². The van der Waals surface area contributed by atoms with Crippen LogP contribution in [-0.4, -0.2) is 15.9 Å². The molecule has 2 nitrogen and oxygen atoms in total. The molecular formula is C21H18Cl2O2. The van der Waals surface area contributed by atoms with Crippen LogP contribution in [0.1, 0.15) is 27.6 Å². The van der Waals surface area contributed by atoms with E-state index in [1.54, 1.807) is 43.4 Å². The van der Waals surface area contributed by atoms with Gasteiger partial charge >= 0.3 is 0 Å². The number of halogens is 2. The zero-order chi connectivity index (χ0) is 18.3. The third-order valence-electron chi connectivity index (χ3n) is 3.59. The molecule has 0 fully saturated rings. The Labute approximate surface area is 157 Å². The Morgan fingerprint density at radius 1 is 0.800 bits per heavy atom. The summed E-state index contributed by atoms with van der Waals surface area (Å²) in [7, 11) is 0. The molecule has 0 saturated carbocycles. The van der Waals surface area contributed by atoms with Crippen LogP contribution in [0, 0.1) is 5.92 Å². The van der Waals surface area contributed by atoms with Crippen LogP contribution in [0.3, 0.4) is 0 Å². The molecule has 2 aromatic carbocycles. The standard InChI is InChI=1S/C13H10Cl2O.C8H8O/c14-13(15)8-6-11(7-9-13)12(16)10-4-2-1-3-5-10;1-7(9)8-5-3-2-4-6-8/h1-9,11H;2-6H,1H3. The summed E-state index contributed by atoms with van der Waals surface area (Å²) in [5.41, 5.74) is 1.47. The Bertz CT molecular complexity index is 762. The summed E-state index contributed by atoms with van der Waals surface area (Å²) < 4.78 is -0.979. The number of hydrogen-bond acceptors (Lipinski definition) is 2. The van der Waals surface area contributed by atoms with Crippen molar-refractivity contribution >= 4 is 34.8 Å². The lowest BCUT2D eigenvalue weighted by atomic mass is 9.94. The number of benzene rings is 2. The Morgan fingerprint density at radius 2 is 1.24 bits per heavy atom. The lowest BCUT2D eigenvalue weighted by Gasteiger charge is -2.17. The van der Waals surface area contributed by atoms with E-state index in [-0.39, 0.29) is 17.5 Å². The van der Waals surface area contributed by atoms with E-state index >= 15 is 0 Å². The van der Waals surface area contributed by atoms with Gasteiger partial charge in [-0.2, -0.15) is 0 Å². The maximum Gasteiger partial charge on any atom is 0.173 e. The quantitative estimate of drug-likeness (QED) is 0.394. The van der Waals surface area contributed by atoms with Crippen molar-refractivity contribution < 1.29 is 9.59 Å². The second kappa shape index (κ2) is 8.80. The number of carbonyl (C=O) groups excluding carboxylic acids is 2. The van der Waals surface area contributed by atoms with Crippen LogP contribution in [0.2, 0.25) is 0 Å². The van der Waals surface area contributed by atoms with Crippen LogP contribution in [0.25, 0.3) is 0 Å². The van der Waals surface area contributed by atoms with E-state index < -0.39 is 4.33 Å². The van der Waals surface area contributed by atoms with Crippen molar-refractivity contribution in [2.75, 3.05) is 0 Å². The molecule has 3 rings (SSSR count). The summed E-state index contributed by atoms with van der Waals surface area (Å²) in [6, 6.07) is 18.4. The minimum absolute atomic E-state index is 0.0527. The molecule has 0 aromatic heterocycles. The number of alkyl halides is 2. The largest absolute Gasteiger partial charge is 0.295 e. The Kier molecular flexibility index (Phi) is 6.74. The number of hydrogen-bond donors (Lipinski definition) is 0. The highest BCUT2D eigenvalue weighted by Crippen LogP contribution is 2.30. The van der Waals surface area contributed by atoms with Gasteiger partial charge in [-0.25, -0.2) is 0 Å². The first-order valence-corrected chi connectivity index (χ1v) is 8.56. The van der Waals surface area contributed by atoms with Crippen LogP contribution >= 0.6 is 23.2 Å². The van der Waals surface area contributed by atoms with Crippen molar-refractivity contribution in [2.24, 2.45) is 5.92 Å². The van der Waals surface area contributed by atoms with Crippen LogP contribution in [0.15, 0.2) is 85.0 Å². The van der Waals surface area contributed by atoms with Crippen molar-refractivity contribution in [2.45, 2.75) is 11.3 Å². The first-order chi connectivity index (χ1) is 11.9. The minimum Gasteiger partial charge on any atom is -0.295 e. The van der Waals surface area contributed by atoms with E-state index in [0.29, 0.717) is 5.56 Å². The van der Waals surface area contributed by atoms with E-state index in [0.717, 1.165) is 5.56 Å². The second-order valence-electron chi connectivity index (χ2n) is 5.57. The highest BCUT2D eigenvalue weighted by atomic mass is 35.5. The topological polar surface area (TPSA) is 34.1 Å². The number of rotatable bonds is 3. The fourth-order valence-electron chi connectivity index (χ4n) is 2.23. The molecule has 0 bridgehead atoms. The predicted octanol–water partition coefficient (Wildman–Crippen LogP) is 5.67. The van der Waals surface area contributed by atoms with E-state index in [4.69, 9.17) is 23.2 Å². The molecule has 0 saturated heterocycles. The molecule has 0 heterocycles. The van der Waals surface area contributed by atoms with Gasteiger partial charge in [0.05, 0.1) is 5.92 Å². The van der Waals surface area contributed by atoms with Gasteiger partial charge in [-0.3, -0.25) is 9.59 Å². The molecule has 0 amide bonds. The highest BCUT2D eigenvalue weighted by molar-refractivity contribution is 6.51. The van der Waals surface area contributed by atoms with Crippen molar-refractivity contribution in [3.63, 3.8) is 0 Å². The summed E-state index contributed by atoms with van der Waals surface area (Å²) in [4.78, 5) is 22.7. The normalized spacial score (nSPS) is 15.2. The monoisotopic (exact) mass is 372 g/mol. The molecule has 0 atom stereocenters. The average molecular weight is 373 g/mol. The van der Waals surface area contributed by atoms with Gasteiger partial charge in [0.1, 0.15) is 0 Å². The van der Waals surface area contributed by atoms with Crippen molar-refractivity contribution in [3.05, 3.63) is 96.1 Å². The molecule has 2 aromatic rings. The molecule has 0 unspecified atom stereocenters.